The number of aryl methyl sites for hydroxylation is 1. The van der Waals surface area contributed by atoms with Crippen LogP contribution in [0.15, 0.2) is 84.3 Å². The van der Waals surface area contributed by atoms with Crippen LogP contribution in [-0.4, -0.2) is 35.5 Å². The monoisotopic (exact) mass is 493 g/mol. The molecule has 0 aliphatic heterocycles. The van der Waals surface area contributed by atoms with E-state index in [1.807, 2.05) is 30.0 Å². The number of sulfone groups is 1. The zero-order valence-corrected chi connectivity index (χ0v) is 19.9. The molecule has 4 aromatic rings. The fourth-order valence-corrected chi connectivity index (χ4v) is 4.62. The molecule has 0 fully saturated rings. The molecule has 8 nitrogen and oxygen atoms in total. The maximum atomic E-state index is 12.9. The minimum Gasteiger partial charge on any atom is -0.322 e. The van der Waals surface area contributed by atoms with Crippen LogP contribution in [0.5, 0.6) is 0 Å². The first kappa shape index (κ1) is 23.3. The van der Waals surface area contributed by atoms with Gasteiger partial charge in [0.2, 0.25) is 5.95 Å². The van der Waals surface area contributed by atoms with Crippen LogP contribution in [-0.2, 0) is 9.84 Å². The summed E-state index contributed by atoms with van der Waals surface area (Å²) < 4.78 is 23.9. The highest BCUT2D eigenvalue weighted by atomic mass is 35.5. The molecule has 0 radical (unpaired) electrons. The van der Waals surface area contributed by atoms with E-state index in [0.29, 0.717) is 11.6 Å². The van der Waals surface area contributed by atoms with Gasteiger partial charge in [-0.2, -0.15) is 0 Å². The Hall–Kier alpha value is -3.82. The van der Waals surface area contributed by atoms with Crippen LogP contribution in [0.2, 0.25) is 5.02 Å². The van der Waals surface area contributed by atoms with Gasteiger partial charge in [-0.05, 0) is 61.0 Å². The van der Waals surface area contributed by atoms with E-state index in [-0.39, 0.29) is 15.5 Å². The lowest BCUT2D eigenvalue weighted by molar-refractivity contribution is 0.102. The number of nitrogens with zero attached hydrogens (tertiary/aromatic N) is 4. The average Bonchev–Trinajstić information content (AvgIpc) is 2.82. The summed E-state index contributed by atoms with van der Waals surface area (Å²) in [6.45, 7) is 1.94. The molecular weight excluding hydrogens is 474 g/mol. The van der Waals surface area contributed by atoms with Gasteiger partial charge in [0, 0.05) is 36.1 Å². The Morgan fingerprint density at radius 3 is 2.44 bits per heavy atom. The number of aromatic nitrogens is 3. The van der Waals surface area contributed by atoms with Crippen LogP contribution >= 0.6 is 11.6 Å². The average molecular weight is 494 g/mol. The van der Waals surface area contributed by atoms with E-state index in [0.717, 1.165) is 23.2 Å². The maximum Gasteiger partial charge on any atom is 0.255 e. The topological polar surface area (TPSA) is 105 Å². The van der Waals surface area contributed by atoms with E-state index in [2.05, 4.69) is 20.3 Å². The van der Waals surface area contributed by atoms with Crippen LogP contribution in [0.1, 0.15) is 15.9 Å². The molecule has 2 heterocycles. The molecule has 0 spiro atoms. The van der Waals surface area contributed by atoms with Gasteiger partial charge >= 0.3 is 0 Å². The van der Waals surface area contributed by atoms with Gasteiger partial charge in [-0.25, -0.2) is 18.4 Å². The van der Waals surface area contributed by atoms with Crippen molar-refractivity contribution >= 4 is 50.4 Å². The zero-order chi connectivity index (χ0) is 24.3. The fourth-order valence-electron chi connectivity index (χ4n) is 3.32. The fraction of sp³-hybridized carbons (Fsp3) is 0.0833. The Balaban J connectivity index is 1.72. The number of benzene rings is 2. The number of hydrogen-bond donors (Lipinski definition) is 1. The number of carbonyl (C=O) groups is 1. The highest BCUT2D eigenvalue weighted by Crippen LogP contribution is 2.35. The highest BCUT2D eigenvalue weighted by molar-refractivity contribution is 7.90. The van der Waals surface area contributed by atoms with Gasteiger partial charge in [0.15, 0.2) is 9.84 Å². The molecule has 0 atom stereocenters. The van der Waals surface area contributed by atoms with Crippen molar-refractivity contribution < 1.29 is 13.2 Å². The first-order chi connectivity index (χ1) is 16.2. The van der Waals surface area contributed by atoms with Crippen LogP contribution < -0.4 is 10.2 Å². The lowest BCUT2D eigenvalue weighted by atomic mass is 10.1. The Bertz CT molecular complexity index is 1410. The van der Waals surface area contributed by atoms with Gasteiger partial charge < -0.3 is 5.32 Å². The van der Waals surface area contributed by atoms with E-state index in [1.54, 1.807) is 43.0 Å². The molecule has 2 aromatic carbocycles. The van der Waals surface area contributed by atoms with Crippen molar-refractivity contribution in [3.8, 4) is 0 Å². The van der Waals surface area contributed by atoms with Gasteiger partial charge in [0.05, 0.1) is 27.5 Å². The quantitative estimate of drug-likeness (QED) is 0.404. The summed E-state index contributed by atoms with van der Waals surface area (Å²) in [5.74, 6) is -0.0298. The summed E-state index contributed by atoms with van der Waals surface area (Å²) >= 11 is 6.00. The Kier molecular flexibility index (Phi) is 6.58. The van der Waals surface area contributed by atoms with Crippen LogP contribution in [0, 0.1) is 6.92 Å². The number of amides is 1. The minimum atomic E-state index is -3.59. The Morgan fingerprint density at radius 2 is 1.76 bits per heavy atom. The smallest absolute Gasteiger partial charge is 0.255 e. The zero-order valence-electron chi connectivity index (χ0n) is 18.3. The summed E-state index contributed by atoms with van der Waals surface area (Å²) in [6, 6.07) is 15.0. The van der Waals surface area contributed by atoms with Gasteiger partial charge in [0.25, 0.3) is 5.91 Å². The predicted molar refractivity (Wildman–Crippen MR) is 132 cm³/mol. The van der Waals surface area contributed by atoms with Gasteiger partial charge in [0.1, 0.15) is 0 Å². The van der Waals surface area contributed by atoms with E-state index in [9.17, 15) is 13.2 Å². The predicted octanol–water partition coefficient (Wildman–Crippen LogP) is 4.96. The molecule has 0 saturated heterocycles. The summed E-state index contributed by atoms with van der Waals surface area (Å²) in [5, 5.41) is 2.88. The first-order valence-electron chi connectivity index (χ1n) is 10.1. The summed E-state index contributed by atoms with van der Waals surface area (Å²) in [5.41, 5.74) is 3.08. The van der Waals surface area contributed by atoms with Crippen LogP contribution in [0.3, 0.4) is 0 Å². The molecule has 172 valence electrons. The molecule has 0 saturated carbocycles. The summed E-state index contributed by atoms with van der Waals surface area (Å²) in [4.78, 5) is 27.6. The molecule has 10 heteroatoms. The molecule has 0 aliphatic carbocycles. The van der Waals surface area contributed by atoms with Crippen molar-refractivity contribution in [1.29, 1.82) is 0 Å². The lowest BCUT2D eigenvalue weighted by Gasteiger charge is -2.24. The van der Waals surface area contributed by atoms with E-state index >= 15 is 0 Å². The maximum absolute atomic E-state index is 12.9. The molecule has 0 unspecified atom stereocenters. The third-order valence-corrected chi connectivity index (χ3v) is 6.54. The molecule has 4 rings (SSSR count). The second kappa shape index (κ2) is 9.58. The van der Waals surface area contributed by atoms with E-state index in [1.165, 1.54) is 18.2 Å². The number of pyridine rings is 1. The Labute approximate surface area is 202 Å². The molecule has 1 amide bonds. The largest absolute Gasteiger partial charge is 0.322 e. The standard InChI is InChI=1S/C24H20ClN5O3S/c1-16-6-8-18(29-23(31)17-7-9-20(25)22(13-17)34(2,32)33)14-21(16)30(19-5-3-10-26-15-19)24-27-11-4-12-28-24/h3-15H,1-2H3,(H,29,31). The molecule has 2 aromatic heterocycles. The second-order valence-corrected chi connectivity index (χ2v) is 9.86. The van der Waals surface area contributed by atoms with E-state index in [4.69, 9.17) is 11.6 Å². The van der Waals surface area contributed by atoms with Crippen molar-refractivity contribution in [3.63, 3.8) is 0 Å². The third kappa shape index (κ3) is 5.05. The van der Waals surface area contributed by atoms with Crippen molar-refractivity contribution in [2.75, 3.05) is 16.5 Å². The van der Waals surface area contributed by atoms with Gasteiger partial charge in [-0.3, -0.25) is 14.7 Å². The second-order valence-electron chi connectivity index (χ2n) is 7.47. The van der Waals surface area contributed by atoms with Crippen molar-refractivity contribution in [1.82, 2.24) is 15.0 Å². The molecular formula is C24H20ClN5O3S. The van der Waals surface area contributed by atoms with E-state index < -0.39 is 15.7 Å². The third-order valence-electron chi connectivity index (χ3n) is 4.96. The minimum absolute atomic E-state index is 0.0617. The summed E-state index contributed by atoms with van der Waals surface area (Å²) in [6.07, 6.45) is 7.70. The number of nitrogens with one attached hydrogen (secondary N) is 1. The number of halogens is 1. The van der Waals surface area contributed by atoms with Crippen LogP contribution in [0.4, 0.5) is 23.0 Å². The Morgan fingerprint density at radius 1 is 1.00 bits per heavy atom. The SMILES string of the molecule is Cc1ccc(NC(=O)c2ccc(Cl)c(S(C)(=O)=O)c2)cc1N(c1cccnc1)c1ncccn1. The molecule has 0 bridgehead atoms. The highest BCUT2D eigenvalue weighted by Gasteiger charge is 2.19. The number of anilines is 4. The normalized spacial score (nSPS) is 11.1. The first-order valence-corrected chi connectivity index (χ1v) is 12.4. The number of rotatable bonds is 6. The lowest BCUT2D eigenvalue weighted by Crippen LogP contribution is -2.16. The van der Waals surface area contributed by atoms with Crippen molar-refractivity contribution in [2.24, 2.45) is 0 Å². The number of carbonyl (C=O) groups excluding carboxylic acids is 1. The van der Waals surface area contributed by atoms with Crippen molar-refractivity contribution in [3.05, 3.63) is 95.5 Å². The number of hydrogen-bond acceptors (Lipinski definition) is 7. The van der Waals surface area contributed by atoms with Crippen molar-refractivity contribution in [2.45, 2.75) is 11.8 Å². The molecule has 1 N–H and O–H groups in total. The van der Waals surface area contributed by atoms with Crippen LogP contribution in [0.25, 0.3) is 0 Å². The van der Waals surface area contributed by atoms with Gasteiger partial charge in [-0.15, -0.1) is 0 Å². The summed E-state index contributed by atoms with van der Waals surface area (Å²) in [7, 11) is -3.59. The molecule has 34 heavy (non-hydrogen) atoms. The molecule has 0 aliphatic rings. The van der Waals surface area contributed by atoms with Gasteiger partial charge in [-0.1, -0.05) is 17.7 Å².